The predicted molar refractivity (Wildman–Crippen MR) is 98.5 cm³/mol. The molecule has 0 saturated carbocycles. The summed E-state index contributed by atoms with van der Waals surface area (Å²) in [6, 6.07) is 8.48. The van der Waals surface area contributed by atoms with Crippen molar-refractivity contribution in [2.45, 2.75) is 0 Å². The van der Waals surface area contributed by atoms with Gasteiger partial charge in [0.05, 0.1) is 6.26 Å². The fraction of sp³-hybridized carbons (Fsp3) is 0.211. The summed E-state index contributed by atoms with van der Waals surface area (Å²) in [5.74, 6) is -0.552. The third-order valence-corrected chi connectivity index (χ3v) is 4.44. The summed E-state index contributed by atoms with van der Waals surface area (Å²) in [5.41, 5.74) is -0.263. The molecule has 144 valence electrons. The maximum Gasteiger partial charge on any atom is 0.289 e. The van der Waals surface area contributed by atoms with Crippen LogP contribution in [-0.4, -0.2) is 47.0 Å². The van der Waals surface area contributed by atoms with Crippen LogP contribution in [0.2, 0.25) is 0 Å². The molecule has 1 aromatic carbocycles. The molecule has 1 saturated heterocycles. The quantitative estimate of drug-likeness (QED) is 0.744. The first-order valence-corrected chi connectivity index (χ1v) is 8.73. The van der Waals surface area contributed by atoms with Crippen molar-refractivity contribution in [3.8, 4) is 0 Å². The molecule has 1 aliphatic heterocycles. The van der Waals surface area contributed by atoms with E-state index in [9.17, 15) is 13.6 Å². The lowest BCUT2D eigenvalue weighted by Crippen LogP contribution is -2.49. The zero-order chi connectivity index (χ0) is 19.5. The van der Waals surface area contributed by atoms with Crippen molar-refractivity contribution in [2.24, 2.45) is 0 Å². The minimum atomic E-state index is -0.704. The van der Waals surface area contributed by atoms with Gasteiger partial charge >= 0.3 is 0 Å². The highest BCUT2D eigenvalue weighted by molar-refractivity contribution is 5.91. The van der Waals surface area contributed by atoms with E-state index in [1.807, 2.05) is 4.90 Å². The number of carbonyl (C=O) groups excluding carboxylic acids is 1. The Morgan fingerprint density at radius 1 is 1.04 bits per heavy atom. The van der Waals surface area contributed by atoms with Crippen molar-refractivity contribution < 1.29 is 18.0 Å². The SMILES string of the molecule is O=C(c1ccco1)N1CCN(c2nccc(Nc3c(F)cccc3F)n2)CC1. The zero-order valence-electron chi connectivity index (χ0n) is 14.8. The third kappa shape index (κ3) is 3.64. The first-order chi connectivity index (χ1) is 13.6. The number of para-hydroxylation sites is 1. The smallest absolute Gasteiger partial charge is 0.289 e. The van der Waals surface area contributed by atoms with E-state index in [0.29, 0.717) is 37.9 Å². The summed E-state index contributed by atoms with van der Waals surface area (Å²) in [7, 11) is 0. The van der Waals surface area contributed by atoms with Crippen LogP contribution < -0.4 is 10.2 Å². The predicted octanol–water partition coefficient (Wildman–Crippen LogP) is 3.05. The minimum Gasteiger partial charge on any atom is -0.459 e. The molecular weight excluding hydrogens is 368 g/mol. The number of aromatic nitrogens is 2. The zero-order valence-corrected chi connectivity index (χ0v) is 14.8. The molecule has 0 atom stereocenters. The molecule has 1 N–H and O–H groups in total. The van der Waals surface area contributed by atoms with E-state index in [2.05, 4.69) is 15.3 Å². The molecule has 7 nitrogen and oxygen atoms in total. The molecule has 1 fully saturated rings. The number of halogens is 2. The Balaban J connectivity index is 1.43. The van der Waals surface area contributed by atoms with Crippen LogP contribution in [0, 0.1) is 11.6 Å². The normalized spacial score (nSPS) is 14.2. The molecule has 28 heavy (non-hydrogen) atoms. The van der Waals surface area contributed by atoms with Gasteiger partial charge in [0, 0.05) is 32.4 Å². The lowest BCUT2D eigenvalue weighted by atomic mass is 10.3. The molecule has 0 spiro atoms. The Morgan fingerprint density at radius 2 is 1.79 bits per heavy atom. The minimum absolute atomic E-state index is 0.156. The summed E-state index contributed by atoms with van der Waals surface area (Å²) in [6.45, 7) is 2.04. The van der Waals surface area contributed by atoms with E-state index in [-0.39, 0.29) is 17.4 Å². The van der Waals surface area contributed by atoms with Gasteiger partial charge in [-0.25, -0.2) is 13.8 Å². The summed E-state index contributed by atoms with van der Waals surface area (Å²) >= 11 is 0. The molecule has 9 heteroatoms. The van der Waals surface area contributed by atoms with Crippen LogP contribution in [-0.2, 0) is 0 Å². The second kappa shape index (κ2) is 7.63. The summed E-state index contributed by atoms with van der Waals surface area (Å²) in [6.07, 6.45) is 2.98. The topological polar surface area (TPSA) is 74.5 Å². The van der Waals surface area contributed by atoms with Gasteiger partial charge < -0.3 is 19.5 Å². The van der Waals surface area contributed by atoms with Crippen molar-refractivity contribution >= 4 is 23.4 Å². The number of nitrogens with zero attached hydrogens (tertiary/aromatic N) is 4. The van der Waals surface area contributed by atoms with Crippen LogP contribution in [0.4, 0.5) is 26.2 Å². The summed E-state index contributed by atoms with van der Waals surface area (Å²) in [5, 5.41) is 2.66. The molecule has 4 rings (SSSR count). The Morgan fingerprint density at radius 3 is 2.46 bits per heavy atom. The first-order valence-electron chi connectivity index (χ1n) is 8.73. The van der Waals surface area contributed by atoms with Gasteiger partial charge in [-0.2, -0.15) is 4.98 Å². The van der Waals surface area contributed by atoms with Crippen LogP contribution in [0.25, 0.3) is 0 Å². The average Bonchev–Trinajstić information content (AvgIpc) is 3.26. The van der Waals surface area contributed by atoms with Crippen molar-refractivity contribution in [1.29, 1.82) is 0 Å². The average molecular weight is 385 g/mol. The lowest BCUT2D eigenvalue weighted by molar-refractivity contribution is 0.0714. The van der Waals surface area contributed by atoms with Crippen molar-refractivity contribution in [1.82, 2.24) is 14.9 Å². The van der Waals surface area contributed by atoms with Crippen molar-refractivity contribution in [2.75, 3.05) is 36.4 Å². The van der Waals surface area contributed by atoms with E-state index in [4.69, 9.17) is 4.42 Å². The number of amides is 1. The Hall–Kier alpha value is -3.49. The fourth-order valence-electron chi connectivity index (χ4n) is 2.98. The van der Waals surface area contributed by atoms with Crippen LogP contribution in [0.1, 0.15) is 10.6 Å². The van der Waals surface area contributed by atoms with Gasteiger partial charge in [0.2, 0.25) is 5.95 Å². The number of hydrogen-bond acceptors (Lipinski definition) is 6. The molecule has 0 radical (unpaired) electrons. The first kappa shape index (κ1) is 17.9. The standard InChI is InChI=1S/C19H17F2N5O2/c20-13-3-1-4-14(21)17(13)23-16-6-7-22-19(24-16)26-10-8-25(9-11-26)18(27)15-5-2-12-28-15/h1-7,12H,8-11H2,(H,22,23,24). The highest BCUT2D eigenvalue weighted by atomic mass is 19.1. The van der Waals surface area contributed by atoms with Gasteiger partial charge in [-0.05, 0) is 30.3 Å². The van der Waals surface area contributed by atoms with Crippen LogP contribution in [0.15, 0.2) is 53.3 Å². The molecule has 0 unspecified atom stereocenters. The fourth-order valence-corrected chi connectivity index (χ4v) is 2.98. The highest BCUT2D eigenvalue weighted by Crippen LogP contribution is 2.23. The summed E-state index contributed by atoms with van der Waals surface area (Å²) in [4.78, 5) is 24.5. The number of carbonyl (C=O) groups is 1. The molecule has 3 heterocycles. The number of rotatable bonds is 4. The largest absolute Gasteiger partial charge is 0.459 e. The van der Waals surface area contributed by atoms with Crippen LogP contribution in [0.5, 0.6) is 0 Å². The number of nitrogens with one attached hydrogen (secondary N) is 1. The molecular formula is C19H17F2N5O2. The molecule has 2 aromatic heterocycles. The van der Waals surface area contributed by atoms with Crippen molar-refractivity contribution in [3.05, 3.63) is 66.3 Å². The summed E-state index contributed by atoms with van der Waals surface area (Å²) < 4.78 is 32.8. The van der Waals surface area contributed by atoms with Crippen LogP contribution in [0.3, 0.4) is 0 Å². The molecule has 1 amide bonds. The van der Waals surface area contributed by atoms with Gasteiger partial charge in [-0.15, -0.1) is 0 Å². The molecule has 3 aromatic rings. The van der Waals surface area contributed by atoms with E-state index in [0.717, 1.165) is 0 Å². The maximum absolute atomic E-state index is 13.8. The van der Waals surface area contributed by atoms with Crippen LogP contribution >= 0.6 is 0 Å². The van der Waals surface area contributed by atoms with E-state index >= 15 is 0 Å². The van der Waals surface area contributed by atoms with E-state index in [1.165, 1.54) is 36.7 Å². The third-order valence-electron chi connectivity index (χ3n) is 4.44. The monoisotopic (exact) mass is 385 g/mol. The number of hydrogen-bond donors (Lipinski definition) is 1. The second-order valence-electron chi connectivity index (χ2n) is 6.22. The van der Waals surface area contributed by atoms with Gasteiger partial charge in [0.1, 0.15) is 23.1 Å². The molecule has 0 bridgehead atoms. The Kier molecular flexibility index (Phi) is 4.88. The number of furan rings is 1. The molecule has 0 aliphatic carbocycles. The van der Waals surface area contributed by atoms with Gasteiger partial charge in [-0.1, -0.05) is 6.07 Å². The van der Waals surface area contributed by atoms with E-state index in [1.54, 1.807) is 17.0 Å². The number of piperazine rings is 1. The maximum atomic E-state index is 13.8. The number of anilines is 3. The van der Waals surface area contributed by atoms with Gasteiger partial charge in [-0.3, -0.25) is 4.79 Å². The highest BCUT2D eigenvalue weighted by Gasteiger charge is 2.25. The number of benzene rings is 1. The van der Waals surface area contributed by atoms with Crippen molar-refractivity contribution in [3.63, 3.8) is 0 Å². The second-order valence-corrected chi connectivity index (χ2v) is 6.22. The Labute approximate surface area is 159 Å². The molecule has 1 aliphatic rings. The van der Waals surface area contributed by atoms with Gasteiger partial charge in [0.15, 0.2) is 5.76 Å². The lowest BCUT2D eigenvalue weighted by Gasteiger charge is -2.34. The van der Waals surface area contributed by atoms with E-state index < -0.39 is 11.6 Å². The Bertz CT molecular complexity index is 952. The van der Waals surface area contributed by atoms with Gasteiger partial charge in [0.25, 0.3) is 5.91 Å².